The summed E-state index contributed by atoms with van der Waals surface area (Å²) >= 11 is 1.11. The number of carboxylic acid groups (broad SMARTS) is 1. The van der Waals surface area contributed by atoms with Gasteiger partial charge in [-0.1, -0.05) is 32.1 Å². The van der Waals surface area contributed by atoms with Gasteiger partial charge in [-0.15, -0.1) is 0 Å². The second-order valence-corrected chi connectivity index (χ2v) is 6.68. The Labute approximate surface area is 128 Å². The Morgan fingerprint density at radius 3 is 2.43 bits per heavy atom. The van der Waals surface area contributed by atoms with Gasteiger partial charge in [-0.2, -0.15) is 0 Å². The molecule has 0 saturated carbocycles. The minimum atomic E-state index is -0.944. The maximum atomic E-state index is 10.9. The molecule has 5 heteroatoms. The quantitative estimate of drug-likeness (QED) is 0.900. The molecule has 112 valence electrons. The van der Waals surface area contributed by atoms with Gasteiger partial charge < -0.3 is 14.6 Å². The van der Waals surface area contributed by atoms with Gasteiger partial charge in [0.15, 0.2) is 5.06 Å². The Balaban J connectivity index is 2.36. The Kier molecular flexibility index (Phi) is 4.23. The normalized spacial score (nSPS) is 11.2. The van der Waals surface area contributed by atoms with Crippen molar-refractivity contribution in [3.05, 3.63) is 40.8 Å². The summed E-state index contributed by atoms with van der Waals surface area (Å²) < 4.78 is 11.1. The van der Waals surface area contributed by atoms with E-state index >= 15 is 0 Å². The van der Waals surface area contributed by atoms with Gasteiger partial charge in [-0.25, -0.2) is 4.79 Å². The SMILES string of the molecule is COc1ccc(Oc2ccc(C(=O)O)s2)c(C(C)(C)C)c1. The van der Waals surface area contributed by atoms with Gasteiger partial charge in [0, 0.05) is 5.56 Å². The van der Waals surface area contributed by atoms with Crippen LogP contribution in [0.4, 0.5) is 0 Å². The third kappa shape index (κ3) is 3.55. The number of ether oxygens (including phenoxy) is 2. The third-order valence-corrected chi connectivity index (χ3v) is 3.95. The van der Waals surface area contributed by atoms with E-state index in [1.165, 1.54) is 0 Å². The molecule has 0 amide bonds. The Bertz CT molecular complexity index is 653. The van der Waals surface area contributed by atoms with Crippen LogP contribution in [0.2, 0.25) is 0 Å². The molecular weight excluding hydrogens is 288 g/mol. The molecule has 0 aliphatic rings. The second-order valence-electron chi connectivity index (χ2n) is 5.64. The zero-order valence-electron chi connectivity index (χ0n) is 12.5. The van der Waals surface area contributed by atoms with Gasteiger partial charge >= 0.3 is 5.97 Å². The molecule has 1 aromatic heterocycles. The molecule has 0 atom stereocenters. The highest BCUT2D eigenvalue weighted by atomic mass is 32.1. The Morgan fingerprint density at radius 2 is 1.90 bits per heavy atom. The number of thiophene rings is 1. The summed E-state index contributed by atoms with van der Waals surface area (Å²) in [6.45, 7) is 6.27. The predicted molar refractivity (Wildman–Crippen MR) is 83.0 cm³/mol. The highest BCUT2D eigenvalue weighted by molar-refractivity contribution is 7.15. The van der Waals surface area contributed by atoms with E-state index in [1.54, 1.807) is 19.2 Å². The highest BCUT2D eigenvalue weighted by Gasteiger charge is 2.21. The van der Waals surface area contributed by atoms with Crippen LogP contribution in [0, 0.1) is 0 Å². The molecular formula is C16H18O4S. The zero-order valence-corrected chi connectivity index (χ0v) is 13.3. The van der Waals surface area contributed by atoms with Crippen molar-refractivity contribution >= 4 is 17.3 Å². The first-order valence-corrected chi connectivity index (χ1v) is 7.32. The van der Waals surface area contributed by atoms with Gasteiger partial charge in [-0.3, -0.25) is 0 Å². The summed E-state index contributed by atoms with van der Waals surface area (Å²) in [6.07, 6.45) is 0. The van der Waals surface area contributed by atoms with E-state index in [2.05, 4.69) is 20.8 Å². The topological polar surface area (TPSA) is 55.8 Å². The van der Waals surface area contributed by atoms with E-state index in [-0.39, 0.29) is 10.3 Å². The first kappa shape index (κ1) is 15.4. The third-order valence-electron chi connectivity index (χ3n) is 3.00. The van der Waals surface area contributed by atoms with E-state index in [9.17, 15) is 4.79 Å². The average molecular weight is 306 g/mol. The van der Waals surface area contributed by atoms with Crippen molar-refractivity contribution in [1.82, 2.24) is 0 Å². The van der Waals surface area contributed by atoms with E-state index in [4.69, 9.17) is 14.6 Å². The molecule has 0 bridgehead atoms. The summed E-state index contributed by atoms with van der Waals surface area (Å²) in [5.41, 5.74) is 0.892. The standard InChI is InChI=1S/C16H18O4S/c1-16(2,3)11-9-10(19-4)5-6-12(11)20-14-8-7-13(21-14)15(17)18/h5-9H,1-4H3,(H,17,18). The number of rotatable bonds is 4. The van der Waals surface area contributed by atoms with Crippen LogP contribution in [0.3, 0.4) is 0 Å². The summed E-state index contributed by atoms with van der Waals surface area (Å²) in [7, 11) is 1.63. The fraction of sp³-hybridized carbons (Fsp3) is 0.312. The number of benzene rings is 1. The summed E-state index contributed by atoms with van der Waals surface area (Å²) in [6, 6.07) is 8.84. The maximum absolute atomic E-state index is 10.9. The molecule has 1 heterocycles. The number of carboxylic acids is 1. The van der Waals surface area contributed by atoms with Crippen molar-refractivity contribution in [2.45, 2.75) is 26.2 Å². The summed E-state index contributed by atoms with van der Waals surface area (Å²) in [5, 5.41) is 9.51. The molecule has 4 nitrogen and oxygen atoms in total. The lowest BCUT2D eigenvalue weighted by Gasteiger charge is -2.23. The van der Waals surface area contributed by atoms with E-state index in [0.717, 1.165) is 22.6 Å². The van der Waals surface area contributed by atoms with Gasteiger partial charge in [0.1, 0.15) is 16.4 Å². The van der Waals surface area contributed by atoms with Crippen molar-refractivity contribution in [2.24, 2.45) is 0 Å². The van der Waals surface area contributed by atoms with Crippen molar-refractivity contribution in [3.63, 3.8) is 0 Å². The number of carbonyl (C=O) groups is 1. The van der Waals surface area contributed by atoms with Crippen LogP contribution in [0.15, 0.2) is 30.3 Å². The summed E-state index contributed by atoms with van der Waals surface area (Å²) in [5.74, 6) is 0.535. The molecule has 0 radical (unpaired) electrons. The minimum Gasteiger partial charge on any atom is -0.497 e. The molecule has 0 unspecified atom stereocenters. The fourth-order valence-corrected chi connectivity index (χ4v) is 2.62. The lowest BCUT2D eigenvalue weighted by molar-refractivity contribution is 0.0702. The van der Waals surface area contributed by atoms with Crippen LogP contribution in [-0.4, -0.2) is 18.2 Å². The Hall–Kier alpha value is -2.01. The minimum absolute atomic E-state index is 0.114. The molecule has 0 fully saturated rings. The second kappa shape index (κ2) is 5.77. The largest absolute Gasteiger partial charge is 0.497 e. The van der Waals surface area contributed by atoms with Crippen molar-refractivity contribution in [1.29, 1.82) is 0 Å². The first-order chi connectivity index (χ1) is 9.81. The van der Waals surface area contributed by atoms with Crippen molar-refractivity contribution < 1.29 is 19.4 Å². The summed E-state index contributed by atoms with van der Waals surface area (Å²) in [4.78, 5) is 11.2. The maximum Gasteiger partial charge on any atom is 0.345 e. The van der Waals surface area contributed by atoms with Gasteiger partial charge in [0.05, 0.1) is 7.11 Å². The monoisotopic (exact) mass is 306 g/mol. The molecule has 2 aromatic rings. The van der Waals surface area contributed by atoms with E-state index in [1.807, 2.05) is 18.2 Å². The Morgan fingerprint density at radius 1 is 1.19 bits per heavy atom. The van der Waals surface area contributed by atoms with Crippen LogP contribution in [0.5, 0.6) is 16.6 Å². The van der Waals surface area contributed by atoms with Crippen LogP contribution >= 0.6 is 11.3 Å². The molecule has 0 aliphatic carbocycles. The zero-order chi connectivity index (χ0) is 15.6. The van der Waals surface area contributed by atoms with Crippen LogP contribution in [-0.2, 0) is 5.41 Å². The molecule has 0 spiro atoms. The van der Waals surface area contributed by atoms with Gasteiger partial charge in [0.2, 0.25) is 0 Å². The number of hydrogen-bond acceptors (Lipinski definition) is 4. The molecule has 1 N–H and O–H groups in total. The van der Waals surface area contributed by atoms with Crippen LogP contribution in [0.1, 0.15) is 36.0 Å². The number of methoxy groups -OCH3 is 1. The number of hydrogen-bond donors (Lipinski definition) is 1. The van der Waals surface area contributed by atoms with E-state index < -0.39 is 5.97 Å². The van der Waals surface area contributed by atoms with E-state index in [0.29, 0.717) is 10.8 Å². The lowest BCUT2D eigenvalue weighted by atomic mass is 9.86. The number of aromatic carboxylic acids is 1. The van der Waals surface area contributed by atoms with Gasteiger partial charge in [-0.05, 0) is 35.7 Å². The lowest BCUT2D eigenvalue weighted by Crippen LogP contribution is -2.12. The predicted octanol–water partition coefficient (Wildman–Crippen LogP) is 4.54. The fourth-order valence-electron chi connectivity index (χ4n) is 1.91. The molecule has 21 heavy (non-hydrogen) atoms. The smallest absolute Gasteiger partial charge is 0.345 e. The van der Waals surface area contributed by atoms with Crippen molar-refractivity contribution in [2.75, 3.05) is 7.11 Å². The molecule has 0 saturated heterocycles. The van der Waals surface area contributed by atoms with Crippen LogP contribution in [0.25, 0.3) is 0 Å². The average Bonchev–Trinajstić information content (AvgIpc) is 2.86. The van der Waals surface area contributed by atoms with Crippen molar-refractivity contribution in [3.8, 4) is 16.6 Å². The van der Waals surface area contributed by atoms with Crippen LogP contribution < -0.4 is 9.47 Å². The highest BCUT2D eigenvalue weighted by Crippen LogP contribution is 2.38. The molecule has 2 rings (SSSR count). The molecule has 0 aliphatic heterocycles. The molecule has 1 aromatic carbocycles. The first-order valence-electron chi connectivity index (χ1n) is 6.51. The van der Waals surface area contributed by atoms with Gasteiger partial charge in [0.25, 0.3) is 0 Å².